The van der Waals surface area contributed by atoms with Crippen LogP contribution >= 0.6 is 0 Å². The second-order valence-corrected chi connectivity index (χ2v) is 6.25. The predicted octanol–water partition coefficient (Wildman–Crippen LogP) is 0.480. The normalized spacial score (nSPS) is 19.9. The van der Waals surface area contributed by atoms with Gasteiger partial charge in [0.15, 0.2) is 9.84 Å². The number of amides is 1. The number of carbonyl (C=O) groups excluding carboxylic acids is 1. The largest absolute Gasteiger partial charge is 0.350 e. The van der Waals surface area contributed by atoms with Gasteiger partial charge in [-0.2, -0.15) is 0 Å². The van der Waals surface area contributed by atoms with Gasteiger partial charge in [0, 0.05) is 11.8 Å². The highest BCUT2D eigenvalue weighted by Crippen LogP contribution is 2.34. The summed E-state index contributed by atoms with van der Waals surface area (Å²) in [5, 5.41) is 2.82. The van der Waals surface area contributed by atoms with Crippen LogP contribution in [0.1, 0.15) is 32.6 Å². The first-order chi connectivity index (χ1) is 6.37. The maximum atomic E-state index is 11.3. The fraction of sp³-hybridized carbons (Fsp3) is 0.889. The number of nitrogens with one attached hydrogen (secondary N) is 1. The van der Waals surface area contributed by atoms with Crippen LogP contribution in [-0.4, -0.2) is 31.9 Å². The Balaban J connectivity index is 2.48. The molecule has 1 saturated carbocycles. The molecule has 0 heterocycles. The van der Waals surface area contributed by atoms with E-state index in [1.165, 1.54) is 0 Å². The lowest BCUT2D eigenvalue weighted by atomic mass is 9.75. The average molecular weight is 219 g/mol. The van der Waals surface area contributed by atoms with Crippen LogP contribution in [0.25, 0.3) is 0 Å². The van der Waals surface area contributed by atoms with Crippen LogP contribution in [0, 0.1) is 0 Å². The van der Waals surface area contributed by atoms with Gasteiger partial charge < -0.3 is 5.32 Å². The lowest BCUT2D eigenvalue weighted by Gasteiger charge is -2.41. The van der Waals surface area contributed by atoms with Crippen LogP contribution in [0.15, 0.2) is 0 Å². The molecule has 14 heavy (non-hydrogen) atoms. The van der Waals surface area contributed by atoms with E-state index in [-0.39, 0.29) is 11.4 Å². The van der Waals surface area contributed by atoms with E-state index in [9.17, 15) is 13.2 Å². The van der Waals surface area contributed by atoms with Crippen LogP contribution < -0.4 is 5.32 Å². The molecular weight excluding hydrogens is 202 g/mol. The number of carbonyl (C=O) groups is 1. The zero-order valence-corrected chi connectivity index (χ0v) is 9.49. The minimum atomic E-state index is -3.20. The minimum absolute atomic E-state index is 0.109. The van der Waals surface area contributed by atoms with Gasteiger partial charge >= 0.3 is 0 Å². The Labute approximate surface area is 85.0 Å². The summed E-state index contributed by atoms with van der Waals surface area (Å²) in [6, 6.07) is 0. The molecule has 0 radical (unpaired) electrons. The lowest BCUT2D eigenvalue weighted by Crippen LogP contribution is -2.54. The van der Waals surface area contributed by atoms with Gasteiger partial charge in [0.25, 0.3) is 0 Å². The van der Waals surface area contributed by atoms with Crippen LogP contribution in [-0.2, 0) is 14.6 Å². The molecule has 4 nitrogen and oxygen atoms in total. The number of sulfone groups is 1. The molecule has 0 aromatic rings. The molecule has 0 spiro atoms. The quantitative estimate of drug-likeness (QED) is 0.748. The summed E-state index contributed by atoms with van der Waals surface area (Å²) in [6.07, 6.45) is 5.01. The third-order valence-corrected chi connectivity index (χ3v) is 3.57. The Kier molecular flexibility index (Phi) is 3.19. The summed E-state index contributed by atoms with van der Waals surface area (Å²) < 4.78 is 21.7. The van der Waals surface area contributed by atoms with Crippen LogP contribution in [0.2, 0.25) is 0 Å². The fourth-order valence-corrected chi connectivity index (χ4v) is 2.29. The van der Waals surface area contributed by atoms with Crippen molar-refractivity contribution in [1.82, 2.24) is 5.32 Å². The first-order valence-electron chi connectivity index (χ1n) is 4.86. The summed E-state index contributed by atoms with van der Waals surface area (Å²) in [4.78, 5) is 11.3. The monoisotopic (exact) mass is 219 g/mol. The number of rotatable bonds is 4. The van der Waals surface area contributed by atoms with Crippen molar-refractivity contribution in [3.05, 3.63) is 0 Å². The molecule has 1 N–H and O–H groups in total. The van der Waals surface area contributed by atoms with E-state index in [2.05, 4.69) is 5.32 Å². The van der Waals surface area contributed by atoms with E-state index in [4.69, 9.17) is 0 Å². The lowest BCUT2D eigenvalue weighted by molar-refractivity contribution is -0.121. The van der Waals surface area contributed by atoms with Crippen molar-refractivity contribution >= 4 is 15.7 Å². The second kappa shape index (κ2) is 3.88. The van der Waals surface area contributed by atoms with Gasteiger partial charge in [-0.15, -0.1) is 0 Å². The van der Waals surface area contributed by atoms with E-state index in [1.807, 2.05) is 6.92 Å². The highest BCUT2D eigenvalue weighted by Gasteiger charge is 2.36. The molecule has 0 saturated heterocycles. The maximum Gasteiger partial charge on any atom is 0.235 e. The SMILES string of the molecule is CCC1(NC(=O)CS(C)(=O)=O)CCC1. The molecule has 1 aliphatic carbocycles. The number of hydrogen-bond acceptors (Lipinski definition) is 3. The third kappa shape index (κ3) is 2.97. The van der Waals surface area contributed by atoms with Crippen molar-refractivity contribution in [2.45, 2.75) is 38.1 Å². The van der Waals surface area contributed by atoms with Crippen molar-refractivity contribution in [2.75, 3.05) is 12.0 Å². The molecule has 0 aromatic heterocycles. The fourth-order valence-electron chi connectivity index (χ4n) is 1.74. The van der Waals surface area contributed by atoms with E-state index < -0.39 is 15.6 Å². The molecule has 5 heteroatoms. The Morgan fingerprint density at radius 1 is 1.43 bits per heavy atom. The minimum Gasteiger partial charge on any atom is -0.350 e. The summed E-state index contributed by atoms with van der Waals surface area (Å²) in [5.41, 5.74) is -0.109. The van der Waals surface area contributed by atoms with Gasteiger partial charge in [-0.3, -0.25) is 4.79 Å². The molecule has 0 atom stereocenters. The molecule has 0 aromatic carbocycles. The first-order valence-corrected chi connectivity index (χ1v) is 6.92. The first kappa shape index (κ1) is 11.5. The average Bonchev–Trinajstić information content (AvgIpc) is 1.93. The Hall–Kier alpha value is -0.580. The molecule has 0 aliphatic heterocycles. The van der Waals surface area contributed by atoms with Gasteiger partial charge in [0.05, 0.1) is 0 Å². The highest BCUT2D eigenvalue weighted by atomic mass is 32.2. The Morgan fingerprint density at radius 2 is 2.00 bits per heavy atom. The predicted molar refractivity (Wildman–Crippen MR) is 54.7 cm³/mol. The standard InChI is InChI=1S/C9H17NO3S/c1-3-9(5-4-6-9)10-8(11)7-14(2,12)13/h3-7H2,1-2H3,(H,10,11). The number of hydrogen-bond donors (Lipinski definition) is 1. The molecular formula is C9H17NO3S. The molecule has 0 bridgehead atoms. The Morgan fingerprint density at radius 3 is 2.29 bits per heavy atom. The summed E-state index contributed by atoms with van der Waals surface area (Å²) in [6.45, 7) is 2.01. The van der Waals surface area contributed by atoms with Crippen molar-refractivity contribution in [3.63, 3.8) is 0 Å². The van der Waals surface area contributed by atoms with E-state index in [0.29, 0.717) is 0 Å². The smallest absolute Gasteiger partial charge is 0.235 e. The molecule has 1 rings (SSSR count). The molecule has 82 valence electrons. The van der Waals surface area contributed by atoms with Gasteiger partial charge in [-0.1, -0.05) is 6.92 Å². The highest BCUT2D eigenvalue weighted by molar-refractivity contribution is 7.91. The van der Waals surface area contributed by atoms with Gasteiger partial charge in [0.1, 0.15) is 5.75 Å². The van der Waals surface area contributed by atoms with Gasteiger partial charge in [-0.05, 0) is 25.7 Å². The zero-order chi connectivity index (χ0) is 10.8. The van der Waals surface area contributed by atoms with Crippen molar-refractivity contribution in [3.8, 4) is 0 Å². The summed E-state index contributed by atoms with van der Waals surface area (Å²) in [5.74, 6) is -0.761. The molecule has 1 aliphatic rings. The van der Waals surface area contributed by atoms with E-state index >= 15 is 0 Å². The molecule has 1 amide bonds. The van der Waals surface area contributed by atoms with Crippen LogP contribution in [0.3, 0.4) is 0 Å². The summed E-state index contributed by atoms with van der Waals surface area (Å²) in [7, 11) is -3.20. The zero-order valence-electron chi connectivity index (χ0n) is 8.67. The van der Waals surface area contributed by atoms with Crippen LogP contribution in [0.4, 0.5) is 0 Å². The topological polar surface area (TPSA) is 63.2 Å². The second-order valence-electron chi connectivity index (χ2n) is 4.11. The molecule has 1 fully saturated rings. The third-order valence-electron chi connectivity index (χ3n) is 2.79. The van der Waals surface area contributed by atoms with E-state index in [0.717, 1.165) is 31.9 Å². The van der Waals surface area contributed by atoms with E-state index in [1.54, 1.807) is 0 Å². The Bertz CT molecular complexity index is 311. The van der Waals surface area contributed by atoms with Crippen molar-refractivity contribution in [2.24, 2.45) is 0 Å². The van der Waals surface area contributed by atoms with Gasteiger partial charge in [0.2, 0.25) is 5.91 Å². The molecule has 0 unspecified atom stereocenters. The van der Waals surface area contributed by atoms with Crippen LogP contribution in [0.5, 0.6) is 0 Å². The van der Waals surface area contributed by atoms with Gasteiger partial charge in [-0.25, -0.2) is 8.42 Å². The maximum absolute atomic E-state index is 11.3. The van der Waals surface area contributed by atoms with Crippen molar-refractivity contribution in [1.29, 1.82) is 0 Å². The van der Waals surface area contributed by atoms with Crippen molar-refractivity contribution < 1.29 is 13.2 Å². The summed E-state index contributed by atoms with van der Waals surface area (Å²) >= 11 is 0.